The first-order chi connectivity index (χ1) is 38.1. The molecule has 0 fully saturated rings. The molecule has 3 aromatic heterocycles. The van der Waals surface area contributed by atoms with Crippen LogP contribution in [-0.2, 0) is 0 Å². The van der Waals surface area contributed by atoms with Gasteiger partial charge in [0.05, 0.1) is 33.8 Å². The molecule has 2 unspecified atom stereocenters. The Bertz CT molecular complexity index is 4360. The van der Waals surface area contributed by atoms with Gasteiger partial charge in [-0.3, -0.25) is 9.88 Å². The summed E-state index contributed by atoms with van der Waals surface area (Å²) in [4.78, 5) is 10.6. The highest BCUT2D eigenvalue weighted by molar-refractivity contribution is 6.12. The lowest BCUT2D eigenvalue weighted by Gasteiger charge is -2.33. The van der Waals surface area contributed by atoms with Crippen molar-refractivity contribution in [2.24, 2.45) is 0 Å². The molecular formula is C69H50N8. The van der Waals surface area contributed by atoms with E-state index in [4.69, 9.17) is 15.4 Å². The molecule has 77 heavy (non-hydrogen) atoms. The van der Waals surface area contributed by atoms with Crippen LogP contribution in [0.3, 0.4) is 0 Å². The van der Waals surface area contributed by atoms with Crippen molar-refractivity contribution in [2.45, 2.75) is 12.2 Å². The Kier molecular flexibility index (Phi) is 11.4. The van der Waals surface area contributed by atoms with Gasteiger partial charge in [-0.1, -0.05) is 194 Å². The van der Waals surface area contributed by atoms with Gasteiger partial charge in [-0.05, 0) is 106 Å². The number of hydrogen-bond acceptors (Lipinski definition) is 6. The zero-order chi connectivity index (χ0) is 51.2. The Morgan fingerprint density at radius 1 is 0.429 bits per heavy atom. The van der Waals surface area contributed by atoms with Crippen molar-refractivity contribution in [1.29, 1.82) is 5.41 Å². The molecule has 0 saturated carbocycles. The third-order valence-electron chi connectivity index (χ3n) is 15.0. The van der Waals surface area contributed by atoms with Crippen LogP contribution in [-0.4, -0.2) is 25.3 Å². The summed E-state index contributed by atoms with van der Waals surface area (Å²) in [6, 6.07) is 89.6. The number of benzene rings is 10. The number of hydrogen-bond donors (Lipinski definition) is 4. The predicted molar refractivity (Wildman–Crippen MR) is 317 cm³/mol. The molecule has 0 aliphatic carbocycles. The Balaban J connectivity index is 0.818. The lowest BCUT2D eigenvalue weighted by molar-refractivity contribution is 0.443. The minimum atomic E-state index is -0.112. The molecule has 8 heteroatoms. The fourth-order valence-electron chi connectivity index (χ4n) is 11.2. The maximum absolute atomic E-state index is 8.85. The van der Waals surface area contributed by atoms with E-state index < -0.39 is 0 Å². The lowest BCUT2D eigenvalue weighted by atomic mass is 9.96. The van der Waals surface area contributed by atoms with Crippen molar-refractivity contribution >= 4 is 66.9 Å². The van der Waals surface area contributed by atoms with Gasteiger partial charge >= 0.3 is 0 Å². The fourth-order valence-corrected chi connectivity index (χ4v) is 11.2. The quantitative estimate of drug-likeness (QED) is 0.0969. The van der Waals surface area contributed by atoms with Gasteiger partial charge in [-0.15, -0.1) is 0 Å². The van der Waals surface area contributed by atoms with Gasteiger partial charge < -0.3 is 20.6 Å². The standard InChI is InChI=1S/C69H50N8/c70-44-61-67(71-53-37-33-48(34-38-53)60-43-59(72-68(73-60)50-21-9-3-10-22-50)47-31-29-46(30-32-47)45-17-5-1-6-18-45)66(49-19-7-2-8-20-49)75-69(74-61)77-63-28-16-14-26-56(63)58-42-52(36-40-65(58)77)51-35-39-64-57(41-51)55-25-13-15-27-62(55)76(64)54-23-11-4-12-24-54/h1-44,59,68,70-73H. The monoisotopic (exact) mass is 990 g/mol. The molecule has 0 saturated heterocycles. The van der Waals surface area contributed by atoms with E-state index in [1.165, 1.54) is 44.7 Å². The van der Waals surface area contributed by atoms with Crippen molar-refractivity contribution in [3.8, 4) is 45.1 Å². The second-order valence-electron chi connectivity index (χ2n) is 19.6. The molecule has 13 aromatic rings. The molecule has 4 N–H and O–H groups in total. The summed E-state index contributed by atoms with van der Waals surface area (Å²) in [5.41, 5.74) is 18.1. The van der Waals surface area contributed by atoms with Crippen molar-refractivity contribution in [3.05, 3.63) is 283 Å². The van der Waals surface area contributed by atoms with Crippen LogP contribution in [0.4, 0.5) is 11.4 Å². The number of anilines is 2. The molecule has 4 heterocycles. The van der Waals surface area contributed by atoms with Gasteiger partial charge in [0.25, 0.3) is 0 Å². The largest absolute Gasteiger partial charge is 0.366 e. The molecule has 8 nitrogen and oxygen atoms in total. The van der Waals surface area contributed by atoms with Crippen LogP contribution in [0.25, 0.3) is 94.5 Å². The second kappa shape index (κ2) is 19.3. The zero-order valence-corrected chi connectivity index (χ0v) is 41.8. The minimum Gasteiger partial charge on any atom is -0.366 e. The van der Waals surface area contributed by atoms with Gasteiger partial charge in [0.15, 0.2) is 0 Å². The molecule has 0 bridgehead atoms. The van der Waals surface area contributed by atoms with E-state index >= 15 is 0 Å². The second-order valence-corrected chi connectivity index (χ2v) is 19.6. The molecule has 10 aromatic carbocycles. The highest BCUT2D eigenvalue weighted by Gasteiger charge is 2.25. The maximum atomic E-state index is 8.85. The van der Waals surface area contributed by atoms with Crippen LogP contribution >= 0.6 is 0 Å². The Morgan fingerprint density at radius 3 is 1.57 bits per heavy atom. The number of fused-ring (bicyclic) bond motifs is 6. The normalized spacial score (nSPS) is 14.4. The average molecular weight is 991 g/mol. The van der Waals surface area contributed by atoms with Gasteiger partial charge in [-0.2, -0.15) is 0 Å². The average Bonchev–Trinajstić information content (AvgIpc) is 4.05. The van der Waals surface area contributed by atoms with Gasteiger partial charge in [0, 0.05) is 50.4 Å². The summed E-state index contributed by atoms with van der Waals surface area (Å²) in [6.45, 7) is 0. The summed E-state index contributed by atoms with van der Waals surface area (Å²) in [5, 5.41) is 24.8. The van der Waals surface area contributed by atoms with Gasteiger partial charge in [0.2, 0.25) is 5.95 Å². The first-order valence-corrected chi connectivity index (χ1v) is 26.0. The number of nitrogens with one attached hydrogen (secondary N) is 4. The van der Waals surface area contributed by atoms with Crippen LogP contribution in [0, 0.1) is 5.41 Å². The van der Waals surface area contributed by atoms with Crippen molar-refractivity contribution in [3.63, 3.8) is 0 Å². The van der Waals surface area contributed by atoms with Gasteiger partial charge in [-0.25, -0.2) is 9.97 Å². The van der Waals surface area contributed by atoms with E-state index in [0.29, 0.717) is 23.0 Å². The maximum Gasteiger partial charge on any atom is 0.235 e. The summed E-state index contributed by atoms with van der Waals surface area (Å²) >= 11 is 0. The summed E-state index contributed by atoms with van der Waals surface area (Å²) < 4.78 is 4.49. The minimum absolute atomic E-state index is 0.0366. The Morgan fingerprint density at radius 2 is 0.935 bits per heavy atom. The molecule has 1 aliphatic rings. The molecule has 0 spiro atoms. The highest BCUT2D eigenvalue weighted by Crippen LogP contribution is 2.40. The smallest absolute Gasteiger partial charge is 0.235 e. The van der Waals surface area contributed by atoms with Crippen LogP contribution in [0.15, 0.2) is 261 Å². The summed E-state index contributed by atoms with van der Waals surface area (Å²) in [7, 11) is 0. The first-order valence-electron chi connectivity index (χ1n) is 26.0. The molecule has 366 valence electrons. The molecule has 0 radical (unpaired) electrons. The number of nitrogens with zero attached hydrogens (tertiary/aromatic N) is 4. The van der Waals surface area contributed by atoms with Crippen LogP contribution in [0.2, 0.25) is 0 Å². The topological polar surface area (TPSA) is 95.6 Å². The van der Waals surface area contributed by atoms with E-state index in [9.17, 15) is 0 Å². The molecular weight excluding hydrogens is 941 g/mol. The molecule has 2 atom stereocenters. The van der Waals surface area contributed by atoms with Crippen LogP contribution in [0.1, 0.15) is 34.6 Å². The molecule has 1 aliphatic heterocycles. The SMILES string of the molecule is N=Cc1nc(-n2c3ccccc3c3cc(-c4ccc5c(c4)c4ccccc4n5-c4ccccc4)ccc32)nc(-c2ccccc2)c1Nc1ccc(C2=CC(c3ccc(-c4ccccc4)cc3)NC(c3ccccc3)N2)cc1. The number of rotatable bonds is 11. The number of para-hydroxylation sites is 3. The Labute approximate surface area is 445 Å². The van der Waals surface area contributed by atoms with E-state index in [0.717, 1.165) is 66.7 Å². The van der Waals surface area contributed by atoms with Crippen molar-refractivity contribution in [1.82, 2.24) is 29.7 Å². The van der Waals surface area contributed by atoms with Gasteiger partial charge in [0.1, 0.15) is 17.6 Å². The third-order valence-corrected chi connectivity index (χ3v) is 15.0. The fraction of sp³-hybridized carbons (Fsp3) is 0.0290. The van der Waals surface area contributed by atoms with E-state index in [1.807, 2.05) is 24.3 Å². The summed E-state index contributed by atoms with van der Waals surface area (Å²) in [6.07, 6.45) is 3.48. The zero-order valence-electron chi connectivity index (χ0n) is 41.8. The third kappa shape index (κ3) is 8.30. The van der Waals surface area contributed by atoms with E-state index in [2.05, 4.69) is 262 Å². The first kappa shape index (κ1) is 45.5. The molecule has 14 rings (SSSR count). The highest BCUT2D eigenvalue weighted by atomic mass is 15.2. The van der Waals surface area contributed by atoms with Crippen molar-refractivity contribution < 1.29 is 0 Å². The van der Waals surface area contributed by atoms with Crippen LogP contribution < -0.4 is 16.0 Å². The lowest BCUT2D eigenvalue weighted by Crippen LogP contribution is -2.39. The predicted octanol–water partition coefficient (Wildman–Crippen LogP) is 16.4. The van der Waals surface area contributed by atoms with Crippen molar-refractivity contribution in [2.75, 3.05) is 5.32 Å². The van der Waals surface area contributed by atoms with E-state index in [1.54, 1.807) is 0 Å². The summed E-state index contributed by atoms with van der Waals surface area (Å²) in [5.74, 6) is 0.485. The van der Waals surface area contributed by atoms with Crippen LogP contribution in [0.5, 0.6) is 0 Å². The molecule has 0 amide bonds. The Hall–Kier alpha value is -10.2. The number of aromatic nitrogens is 4. The van der Waals surface area contributed by atoms with E-state index in [-0.39, 0.29) is 12.2 Å².